The fourth-order valence-electron chi connectivity index (χ4n) is 2.49. The predicted molar refractivity (Wildman–Crippen MR) is 76.7 cm³/mol. The molecule has 2 aromatic rings. The molecule has 0 unspecified atom stereocenters. The van der Waals surface area contributed by atoms with Gasteiger partial charge in [0.1, 0.15) is 24.0 Å². The first kappa shape index (κ1) is 16.1. The van der Waals surface area contributed by atoms with Crippen LogP contribution in [0.15, 0.2) is 6.33 Å². The number of aliphatic hydroxyl groups excluding tert-OH is 1. The van der Waals surface area contributed by atoms with Crippen molar-refractivity contribution in [1.82, 2.24) is 19.5 Å². The van der Waals surface area contributed by atoms with E-state index < -0.39 is 32.9 Å². The number of phosphoric acid groups is 1. The fraction of sp³-hybridized carbons (Fsp3) is 0.500. The number of nitrogens with two attached hydrogens (primary N) is 2. The zero-order valence-corrected chi connectivity index (χ0v) is 12.6. The summed E-state index contributed by atoms with van der Waals surface area (Å²) in [5.41, 5.74) is 11.9. The summed E-state index contributed by atoms with van der Waals surface area (Å²) in [6.45, 7) is -0.465. The first-order valence-corrected chi connectivity index (χ1v) is 8.07. The molecule has 0 radical (unpaired) electrons. The van der Waals surface area contributed by atoms with Crippen molar-refractivity contribution in [2.75, 3.05) is 18.1 Å². The molecule has 0 spiro atoms. The van der Waals surface area contributed by atoms with Gasteiger partial charge in [0, 0.05) is 6.42 Å². The summed E-state index contributed by atoms with van der Waals surface area (Å²) in [4.78, 5) is 29.8. The number of imidazole rings is 1. The van der Waals surface area contributed by atoms with Crippen LogP contribution >= 0.6 is 7.82 Å². The van der Waals surface area contributed by atoms with Gasteiger partial charge in [0.15, 0.2) is 11.5 Å². The lowest BCUT2D eigenvalue weighted by molar-refractivity contribution is -0.0425. The van der Waals surface area contributed by atoms with E-state index in [2.05, 4.69) is 19.5 Å². The van der Waals surface area contributed by atoms with Crippen molar-refractivity contribution in [3.63, 3.8) is 0 Å². The highest BCUT2D eigenvalue weighted by molar-refractivity contribution is 7.46. The van der Waals surface area contributed by atoms with Crippen molar-refractivity contribution in [2.24, 2.45) is 0 Å². The van der Waals surface area contributed by atoms with E-state index in [0.717, 1.165) is 0 Å². The van der Waals surface area contributed by atoms with Gasteiger partial charge >= 0.3 is 7.82 Å². The lowest BCUT2D eigenvalue weighted by Gasteiger charge is -2.16. The van der Waals surface area contributed by atoms with E-state index in [1.54, 1.807) is 0 Å². The van der Waals surface area contributed by atoms with Crippen LogP contribution in [0.5, 0.6) is 0 Å². The van der Waals surface area contributed by atoms with Gasteiger partial charge in [0.25, 0.3) is 0 Å². The molecule has 0 amide bonds. The number of rotatable bonds is 4. The summed E-state index contributed by atoms with van der Waals surface area (Å²) >= 11 is 0. The Kier molecular flexibility index (Phi) is 3.96. The van der Waals surface area contributed by atoms with Gasteiger partial charge in [-0.25, -0.2) is 9.55 Å². The molecule has 23 heavy (non-hydrogen) atoms. The van der Waals surface area contributed by atoms with Crippen molar-refractivity contribution >= 4 is 30.8 Å². The molecular weight excluding hydrogens is 331 g/mol. The van der Waals surface area contributed by atoms with E-state index in [-0.39, 0.29) is 18.2 Å². The zero-order valence-electron chi connectivity index (χ0n) is 11.7. The Labute approximate surface area is 129 Å². The highest BCUT2D eigenvalue weighted by Crippen LogP contribution is 2.43. The molecule has 0 saturated carbocycles. The maximum absolute atomic E-state index is 11.0. The normalized spacial score (nSPS) is 25.3. The largest absolute Gasteiger partial charge is 0.469 e. The molecule has 1 aliphatic heterocycles. The fourth-order valence-corrected chi connectivity index (χ4v) is 3.06. The van der Waals surface area contributed by atoms with E-state index in [4.69, 9.17) is 26.0 Å². The van der Waals surface area contributed by atoms with Gasteiger partial charge in [0.05, 0.1) is 12.9 Å². The lowest BCUT2D eigenvalue weighted by atomic mass is 10.2. The second-order valence-corrected chi connectivity index (χ2v) is 6.16. The number of aromatic nitrogens is 4. The number of hydrogen-bond donors (Lipinski definition) is 5. The van der Waals surface area contributed by atoms with Gasteiger partial charge < -0.3 is 31.1 Å². The third-order valence-electron chi connectivity index (χ3n) is 3.41. The average molecular weight is 346 g/mol. The Morgan fingerprint density at radius 3 is 2.83 bits per heavy atom. The van der Waals surface area contributed by atoms with E-state index in [1.165, 1.54) is 10.9 Å². The molecule has 0 aliphatic carbocycles. The Hall–Kier alpha value is -1.82. The Morgan fingerprint density at radius 1 is 1.43 bits per heavy atom. The van der Waals surface area contributed by atoms with Crippen molar-refractivity contribution in [2.45, 2.75) is 24.9 Å². The topological polar surface area (TPSA) is 192 Å². The number of fused-ring (bicyclic) bond motifs is 1. The van der Waals surface area contributed by atoms with Crippen molar-refractivity contribution in [3.8, 4) is 0 Å². The van der Waals surface area contributed by atoms with Crippen LogP contribution in [-0.4, -0.2) is 53.2 Å². The van der Waals surface area contributed by atoms with Crippen LogP contribution in [0.25, 0.3) is 11.2 Å². The molecule has 1 aliphatic rings. The molecule has 3 rings (SSSR count). The summed E-state index contributed by atoms with van der Waals surface area (Å²) in [6, 6.07) is 0. The van der Waals surface area contributed by atoms with Crippen molar-refractivity contribution in [1.29, 1.82) is 0 Å². The molecule has 7 N–H and O–H groups in total. The monoisotopic (exact) mass is 346 g/mol. The second kappa shape index (κ2) is 5.67. The van der Waals surface area contributed by atoms with Crippen LogP contribution in [0, 0.1) is 0 Å². The molecule has 3 atom stereocenters. The van der Waals surface area contributed by atoms with Crippen LogP contribution < -0.4 is 11.5 Å². The number of nitrogens with zero attached hydrogens (tertiary/aromatic N) is 4. The van der Waals surface area contributed by atoms with Crippen molar-refractivity contribution in [3.05, 3.63) is 6.33 Å². The molecule has 13 heteroatoms. The smallest absolute Gasteiger partial charge is 0.394 e. The third-order valence-corrected chi connectivity index (χ3v) is 3.95. The van der Waals surface area contributed by atoms with Crippen LogP contribution in [0.1, 0.15) is 12.6 Å². The quantitative estimate of drug-likeness (QED) is 0.415. The minimum absolute atomic E-state index is 0.0449. The molecule has 126 valence electrons. The highest BCUT2D eigenvalue weighted by atomic mass is 31.2. The molecule has 3 heterocycles. The average Bonchev–Trinajstić information content (AvgIpc) is 3.00. The van der Waals surface area contributed by atoms with Gasteiger partial charge in [-0.2, -0.15) is 9.97 Å². The summed E-state index contributed by atoms with van der Waals surface area (Å²) in [5.74, 6) is 0.0578. The van der Waals surface area contributed by atoms with Gasteiger partial charge in [-0.1, -0.05) is 0 Å². The maximum atomic E-state index is 11.0. The number of nitrogen functional groups attached to an aromatic ring is 2. The number of aliphatic hydroxyl groups is 1. The van der Waals surface area contributed by atoms with Crippen molar-refractivity contribution < 1.29 is 28.7 Å². The van der Waals surface area contributed by atoms with E-state index in [1.807, 2.05) is 0 Å². The molecule has 0 aromatic carbocycles. The second-order valence-electron chi connectivity index (χ2n) is 4.97. The van der Waals surface area contributed by atoms with Crippen LogP contribution in [0.4, 0.5) is 11.8 Å². The van der Waals surface area contributed by atoms with E-state index >= 15 is 0 Å². The molecule has 0 bridgehead atoms. The lowest BCUT2D eigenvalue weighted by Crippen LogP contribution is -2.26. The molecule has 12 nitrogen and oxygen atoms in total. The van der Waals surface area contributed by atoms with Crippen LogP contribution in [0.3, 0.4) is 0 Å². The minimum Gasteiger partial charge on any atom is -0.394 e. The first-order chi connectivity index (χ1) is 10.8. The number of phosphoric ester groups is 1. The van der Waals surface area contributed by atoms with Gasteiger partial charge in [-0.05, 0) is 0 Å². The number of hydrogen-bond acceptors (Lipinski definition) is 9. The minimum atomic E-state index is -4.71. The number of anilines is 2. The summed E-state index contributed by atoms with van der Waals surface area (Å²) < 4.78 is 22.7. The molecular formula is C10H15N6O6P. The maximum Gasteiger partial charge on any atom is 0.469 e. The van der Waals surface area contributed by atoms with Gasteiger partial charge in [-0.15, -0.1) is 0 Å². The zero-order chi connectivity index (χ0) is 16.8. The predicted octanol–water partition coefficient (Wildman–Crippen LogP) is -1.25. The Bertz CT molecular complexity index is 777. The SMILES string of the molecule is Nc1nc(N)c2ncn([C@H]3C[C@H](OP(=O)(O)O)[C@@H](CO)O3)c2n1. The first-order valence-electron chi connectivity index (χ1n) is 6.54. The summed E-state index contributed by atoms with van der Waals surface area (Å²) in [5, 5.41) is 9.30. The Balaban J connectivity index is 1.92. The summed E-state index contributed by atoms with van der Waals surface area (Å²) in [7, 11) is -4.71. The summed E-state index contributed by atoms with van der Waals surface area (Å²) in [6.07, 6.45) is -1.12. The van der Waals surface area contributed by atoms with Gasteiger partial charge in [0.2, 0.25) is 5.95 Å². The number of ether oxygens (including phenoxy) is 1. The van der Waals surface area contributed by atoms with Crippen LogP contribution in [-0.2, 0) is 13.8 Å². The highest BCUT2D eigenvalue weighted by Gasteiger charge is 2.40. The third kappa shape index (κ3) is 3.13. The van der Waals surface area contributed by atoms with Gasteiger partial charge in [-0.3, -0.25) is 9.09 Å². The molecule has 1 fully saturated rings. The van der Waals surface area contributed by atoms with E-state index in [9.17, 15) is 9.67 Å². The molecule has 2 aromatic heterocycles. The van der Waals surface area contributed by atoms with E-state index in [0.29, 0.717) is 11.2 Å². The molecule has 1 saturated heterocycles. The standard InChI is InChI=1S/C10H15N6O6P/c11-8-7-9(15-10(12)14-8)16(3-13-7)6-1-4(5(2-17)21-6)22-23(18,19)20/h3-6,17H,1-2H2,(H2,18,19,20)(H4,11,12,14,15)/t4-,5+,6+/m0/s1. The van der Waals surface area contributed by atoms with Crippen LogP contribution in [0.2, 0.25) is 0 Å². The Morgan fingerprint density at radius 2 is 2.17 bits per heavy atom.